The van der Waals surface area contributed by atoms with Crippen molar-refractivity contribution in [2.75, 3.05) is 13.2 Å². The summed E-state index contributed by atoms with van der Waals surface area (Å²) >= 11 is 0. The lowest BCUT2D eigenvalue weighted by atomic mass is 9.86. The van der Waals surface area contributed by atoms with Crippen LogP contribution in [0.3, 0.4) is 0 Å². The van der Waals surface area contributed by atoms with Crippen molar-refractivity contribution in [1.82, 2.24) is 5.32 Å². The van der Waals surface area contributed by atoms with Gasteiger partial charge in [0.15, 0.2) is 0 Å². The van der Waals surface area contributed by atoms with Crippen molar-refractivity contribution < 1.29 is 9.84 Å². The molecule has 1 heterocycles. The average molecular weight is 261 g/mol. The molecule has 1 atom stereocenters. The Kier molecular flexibility index (Phi) is 3.76. The lowest BCUT2D eigenvalue weighted by Gasteiger charge is -2.40. The molecule has 104 valence electrons. The fourth-order valence-corrected chi connectivity index (χ4v) is 3.48. The average Bonchev–Trinajstić information content (AvgIpc) is 2.87. The summed E-state index contributed by atoms with van der Waals surface area (Å²) in [5.41, 5.74) is 1.34. The number of hydrogen-bond donors (Lipinski definition) is 2. The largest absolute Gasteiger partial charge is 0.487 e. The van der Waals surface area contributed by atoms with Gasteiger partial charge in [-0.05, 0) is 44.7 Å². The molecule has 1 aromatic carbocycles. The summed E-state index contributed by atoms with van der Waals surface area (Å²) in [5, 5.41) is 12.5. The number of fused-ring (bicyclic) bond motifs is 1. The monoisotopic (exact) mass is 261 g/mol. The number of aliphatic hydroxyl groups excluding tert-OH is 1. The van der Waals surface area contributed by atoms with Crippen LogP contribution in [0.15, 0.2) is 24.3 Å². The Morgan fingerprint density at radius 1 is 1.26 bits per heavy atom. The summed E-state index contributed by atoms with van der Waals surface area (Å²) < 4.78 is 6.33. The molecule has 2 aliphatic rings. The molecule has 3 rings (SSSR count). The second-order valence-electron chi connectivity index (χ2n) is 5.82. The first-order chi connectivity index (χ1) is 9.33. The third-order valence-electron chi connectivity index (χ3n) is 4.44. The fraction of sp³-hybridized carbons (Fsp3) is 0.625. The molecule has 1 aromatic rings. The molecule has 0 radical (unpaired) electrons. The zero-order valence-corrected chi connectivity index (χ0v) is 11.4. The maximum Gasteiger partial charge on any atom is 0.124 e. The molecule has 0 amide bonds. The van der Waals surface area contributed by atoms with Crippen LogP contribution in [-0.4, -0.2) is 23.9 Å². The van der Waals surface area contributed by atoms with E-state index in [1.807, 2.05) is 0 Å². The minimum atomic E-state index is 0.0607. The molecule has 1 aliphatic heterocycles. The maximum absolute atomic E-state index is 8.93. The molecule has 3 nitrogen and oxygen atoms in total. The van der Waals surface area contributed by atoms with Crippen LogP contribution >= 0.6 is 0 Å². The van der Waals surface area contributed by atoms with Gasteiger partial charge in [-0.3, -0.25) is 0 Å². The number of rotatable bonds is 4. The first-order valence-electron chi connectivity index (χ1n) is 7.45. The Morgan fingerprint density at radius 2 is 2.05 bits per heavy atom. The minimum Gasteiger partial charge on any atom is -0.487 e. The van der Waals surface area contributed by atoms with Crippen LogP contribution < -0.4 is 10.1 Å². The van der Waals surface area contributed by atoms with E-state index in [0.29, 0.717) is 6.04 Å². The van der Waals surface area contributed by atoms with Gasteiger partial charge in [0, 0.05) is 24.6 Å². The van der Waals surface area contributed by atoms with E-state index in [1.165, 1.54) is 31.2 Å². The second kappa shape index (κ2) is 5.51. The summed E-state index contributed by atoms with van der Waals surface area (Å²) in [6, 6.07) is 8.76. The summed E-state index contributed by atoms with van der Waals surface area (Å²) in [5.74, 6) is 1.05. The van der Waals surface area contributed by atoms with Gasteiger partial charge in [0.1, 0.15) is 11.4 Å². The van der Waals surface area contributed by atoms with Crippen LogP contribution in [0, 0.1) is 0 Å². The Hall–Kier alpha value is -1.06. The van der Waals surface area contributed by atoms with Crippen LogP contribution in [0.25, 0.3) is 0 Å². The van der Waals surface area contributed by atoms with E-state index in [0.717, 1.165) is 25.1 Å². The van der Waals surface area contributed by atoms with Gasteiger partial charge in [-0.2, -0.15) is 0 Å². The molecule has 1 saturated carbocycles. The van der Waals surface area contributed by atoms with E-state index >= 15 is 0 Å². The normalized spacial score (nSPS) is 24.2. The molecule has 1 aliphatic carbocycles. The highest BCUT2D eigenvalue weighted by Crippen LogP contribution is 2.46. The summed E-state index contributed by atoms with van der Waals surface area (Å²) in [6.45, 7) is 1.12. The summed E-state index contributed by atoms with van der Waals surface area (Å²) in [7, 11) is 0. The Bertz CT molecular complexity index is 427. The molecular formula is C16H23NO2. The van der Waals surface area contributed by atoms with Gasteiger partial charge in [0.2, 0.25) is 0 Å². The molecule has 0 saturated heterocycles. The van der Waals surface area contributed by atoms with Crippen LogP contribution in [0.4, 0.5) is 0 Å². The number of aliphatic hydroxyl groups is 1. The van der Waals surface area contributed by atoms with Crippen molar-refractivity contribution in [3.63, 3.8) is 0 Å². The number of nitrogens with one attached hydrogen (secondary N) is 1. The van der Waals surface area contributed by atoms with E-state index in [2.05, 4.69) is 29.6 Å². The number of para-hydroxylation sites is 1. The van der Waals surface area contributed by atoms with Crippen molar-refractivity contribution >= 4 is 0 Å². The van der Waals surface area contributed by atoms with Crippen molar-refractivity contribution in [3.8, 4) is 5.75 Å². The van der Waals surface area contributed by atoms with Gasteiger partial charge in [0.05, 0.1) is 0 Å². The Morgan fingerprint density at radius 3 is 2.84 bits per heavy atom. The van der Waals surface area contributed by atoms with Gasteiger partial charge in [-0.15, -0.1) is 0 Å². The molecule has 19 heavy (non-hydrogen) atoms. The molecule has 0 aromatic heterocycles. The number of hydrogen-bond acceptors (Lipinski definition) is 3. The SMILES string of the molecule is OCCCNC1CC2(CCCC2)Oc2ccccc21. The third kappa shape index (κ3) is 2.63. The quantitative estimate of drug-likeness (QED) is 0.819. The highest BCUT2D eigenvalue weighted by Gasteiger charge is 2.42. The Balaban J connectivity index is 1.81. The lowest BCUT2D eigenvalue weighted by Crippen LogP contribution is -2.42. The second-order valence-corrected chi connectivity index (χ2v) is 5.82. The summed E-state index contributed by atoms with van der Waals surface area (Å²) in [6.07, 6.45) is 6.80. The number of ether oxygens (including phenoxy) is 1. The molecule has 1 spiro atoms. The Labute approximate surface area is 115 Å². The molecule has 1 unspecified atom stereocenters. The highest BCUT2D eigenvalue weighted by atomic mass is 16.5. The van der Waals surface area contributed by atoms with Crippen LogP contribution in [0.2, 0.25) is 0 Å². The third-order valence-corrected chi connectivity index (χ3v) is 4.44. The van der Waals surface area contributed by atoms with E-state index in [-0.39, 0.29) is 12.2 Å². The zero-order chi connectivity index (χ0) is 13.1. The maximum atomic E-state index is 8.93. The van der Waals surface area contributed by atoms with E-state index in [1.54, 1.807) is 0 Å². The minimum absolute atomic E-state index is 0.0607. The van der Waals surface area contributed by atoms with Crippen molar-refractivity contribution in [2.24, 2.45) is 0 Å². The molecule has 3 heteroatoms. The van der Waals surface area contributed by atoms with Gasteiger partial charge in [-0.25, -0.2) is 0 Å². The van der Waals surface area contributed by atoms with Crippen molar-refractivity contribution in [2.45, 2.75) is 50.2 Å². The van der Waals surface area contributed by atoms with Gasteiger partial charge in [0.25, 0.3) is 0 Å². The van der Waals surface area contributed by atoms with Gasteiger partial charge < -0.3 is 15.2 Å². The van der Waals surface area contributed by atoms with Crippen LogP contribution in [0.5, 0.6) is 5.75 Å². The predicted octanol–water partition coefficient (Wildman–Crippen LogP) is 2.80. The van der Waals surface area contributed by atoms with Gasteiger partial charge >= 0.3 is 0 Å². The standard InChI is InChI=1S/C16H23NO2/c18-11-5-10-17-14-12-16(8-3-4-9-16)19-15-7-2-1-6-13(14)15/h1-2,6-7,14,17-18H,3-5,8-12H2. The zero-order valence-electron chi connectivity index (χ0n) is 11.4. The van der Waals surface area contributed by atoms with Crippen LogP contribution in [0.1, 0.15) is 50.1 Å². The van der Waals surface area contributed by atoms with E-state index in [9.17, 15) is 0 Å². The predicted molar refractivity (Wildman–Crippen MR) is 75.3 cm³/mol. The van der Waals surface area contributed by atoms with E-state index < -0.39 is 0 Å². The number of benzene rings is 1. The first-order valence-corrected chi connectivity index (χ1v) is 7.45. The molecule has 0 bridgehead atoms. The smallest absolute Gasteiger partial charge is 0.124 e. The topological polar surface area (TPSA) is 41.5 Å². The van der Waals surface area contributed by atoms with Crippen molar-refractivity contribution in [3.05, 3.63) is 29.8 Å². The molecule has 2 N–H and O–H groups in total. The fourth-order valence-electron chi connectivity index (χ4n) is 3.48. The highest BCUT2D eigenvalue weighted by molar-refractivity contribution is 5.39. The lowest BCUT2D eigenvalue weighted by molar-refractivity contribution is 0.0366. The van der Waals surface area contributed by atoms with Crippen LogP contribution in [-0.2, 0) is 0 Å². The molecular weight excluding hydrogens is 238 g/mol. The van der Waals surface area contributed by atoms with Crippen molar-refractivity contribution in [1.29, 1.82) is 0 Å². The summed E-state index contributed by atoms with van der Waals surface area (Å²) in [4.78, 5) is 0. The van der Waals surface area contributed by atoms with E-state index in [4.69, 9.17) is 9.84 Å². The molecule has 1 fully saturated rings. The first kappa shape index (κ1) is 12.9. The van der Waals surface area contributed by atoms with Gasteiger partial charge in [-0.1, -0.05) is 18.2 Å².